The highest BCUT2D eigenvalue weighted by molar-refractivity contribution is 7.15. The van der Waals surface area contributed by atoms with E-state index in [2.05, 4.69) is 23.6 Å². The van der Waals surface area contributed by atoms with Crippen molar-refractivity contribution < 1.29 is 5.21 Å². The predicted octanol–water partition coefficient (Wildman–Crippen LogP) is 2.70. The van der Waals surface area contributed by atoms with Gasteiger partial charge < -0.3 is 9.77 Å². The van der Waals surface area contributed by atoms with E-state index in [1.807, 2.05) is 18.3 Å². The Morgan fingerprint density at radius 3 is 2.93 bits per heavy atom. The summed E-state index contributed by atoms with van der Waals surface area (Å²) < 4.78 is 2.08. The van der Waals surface area contributed by atoms with Crippen molar-refractivity contribution in [2.24, 2.45) is 5.16 Å². The van der Waals surface area contributed by atoms with E-state index in [-0.39, 0.29) is 0 Å². The smallest absolute Gasteiger partial charge is 0.137 e. The lowest BCUT2D eigenvalue weighted by molar-refractivity contribution is 0.319. The molecule has 0 atom stereocenters. The molecule has 3 nitrogen and oxygen atoms in total. The molecule has 1 N–H and O–H groups in total. The van der Waals surface area contributed by atoms with Crippen molar-refractivity contribution in [2.45, 2.75) is 13.8 Å². The van der Waals surface area contributed by atoms with Gasteiger partial charge in [-0.3, -0.25) is 0 Å². The van der Waals surface area contributed by atoms with E-state index in [9.17, 15) is 0 Å². The minimum Gasteiger partial charge on any atom is -0.410 e. The van der Waals surface area contributed by atoms with Gasteiger partial charge in [-0.15, -0.1) is 11.3 Å². The predicted molar refractivity (Wildman–Crippen MR) is 60.5 cm³/mol. The van der Waals surface area contributed by atoms with E-state index in [0.29, 0.717) is 5.71 Å². The number of oxime groups is 1. The maximum absolute atomic E-state index is 9.09. The molecule has 0 unspecified atom stereocenters. The highest BCUT2D eigenvalue weighted by atomic mass is 32.1. The second kappa shape index (κ2) is 2.73. The summed E-state index contributed by atoms with van der Waals surface area (Å²) in [5, 5.41) is 13.7. The van der Waals surface area contributed by atoms with E-state index in [0.717, 1.165) is 16.3 Å². The number of aromatic nitrogens is 1. The zero-order chi connectivity index (χ0) is 10.6. The molecule has 3 rings (SSSR count). The van der Waals surface area contributed by atoms with Crippen LogP contribution >= 0.6 is 11.3 Å². The van der Waals surface area contributed by atoms with Crippen molar-refractivity contribution in [3.63, 3.8) is 0 Å². The molecule has 4 heteroatoms. The van der Waals surface area contributed by atoms with Gasteiger partial charge in [-0.2, -0.15) is 0 Å². The number of hydrogen-bond donors (Lipinski definition) is 1. The Kier molecular flexibility index (Phi) is 1.59. The quantitative estimate of drug-likeness (QED) is 0.457. The highest BCUT2D eigenvalue weighted by Crippen LogP contribution is 2.38. The Hall–Kier alpha value is -1.55. The Morgan fingerprint density at radius 1 is 1.40 bits per heavy atom. The molecule has 76 valence electrons. The molecule has 0 aromatic carbocycles. The third-order valence-corrected chi connectivity index (χ3v) is 4.12. The molecule has 0 spiro atoms. The molecule has 0 bridgehead atoms. The van der Waals surface area contributed by atoms with Crippen molar-refractivity contribution >= 4 is 17.0 Å². The number of rotatable bonds is 0. The molecule has 15 heavy (non-hydrogen) atoms. The van der Waals surface area contributed by atoms with E-state index in [1.165, 1.54) is 10.4 Å². The summed E-state index contributed by atoms with van der Waals surface area (Å²) in [6, 6.07) is 3.93. The molecule has 2 aromatic rings. The standard InChI is InChI=1S/C11H10N2OS/c1-6-7(2)15-11-9(6)10(12-14)8-4-3-5-13(8)11/h3-5,14H,1-2H3/b12-10+. The molecule has 0 aliphatic carbocycles. The Bertz CT molecular complexity index is 577. The van der Waals surface area contributed by atoms with E-state index >= 15 is 0 Å². The van der Waals surface area contributed by atoms with Crippen LogP contribution in [-0.2, 0) is 0 Å². The molecule has 1 aliphatic rings. The molecule has 1 aliphatic heterocycles. The van der Waals surface area contributed by atoms with Crippen LogP contribution in [0.3, 0.4) is 0 Å². The molecule has 0 radical (unpaired) electrons. The Labute approximate surface area is 91.3 Å². The fraction of sp³-hybridized carbons (Fsp3) is 0.182. The summed E-state index contributed by atoms with van der Waals surface area (Å²) in [7, 11) is 0. The Balaban J connectivity index is 2.43. The molecule has 0 saturated heterocycles. The van der Waals surface area contributed by atoms with Gasteiger partial charge in [0.2, 0.25) is 0 Å². The zero-order valence-electron chi connectivity index (χ0n) is 8.48. The molecule has 0 fully saturated rings. The van der Waals surface area contributed by atoms with Crippen LogP contribution < -0.4 is 0 Å². The van der Waals surface area contributed by atoms with Crippen LogP contribution in [-0.4, -0.2) is 15.5 Å². The average molecular weight is 218 g/mol. The molecular weight excluding hydrogens is 208 g/mol. The first-order valence-electron chi connectivity index (χ1n) is 4.74. The highest BCUT2D eigenvalue weighted by Gasteiger charge is 2.29. The number of nitrogens with zero attached hydrogens (tertiary/aromatic N) is 2. The van der Waals surface area contributed by atoms with Crippen molar-refractivity contribution in [1.29, 1.82) is 0 Å². The first kappa shape index (κ1) is 8.73. The second-order valence-corrected chi connectivity index (χ2v) is 4.88. The summed E-state index contributed by atoms with van der Waals surface area (Å²) in [5.74, 6) is 0. The molecule has 0 saturated carbocycles. The molecular formula is C11H10N2OS. The van der Waals surface area contributed by atoms with Gasteiger partial charge in [0.25, 0.3) is 0 Å². The van der Waals surface area contributed by atoms with Crippen LogP contribution in [0.25, 0.3) is 5.00 Å². The largest absolute Gasteiger partial charge is 0.410 e. The minimum atomic E-state index is 0.692. The zero-order valence-corrected chi connectivity index (χ0v) is 9.30. The fourth-order valence-electron chi connectivity index (χ4n) is 2.04. The van der Waals surface area contributed by atoms with Gasteiger partial charge in [-0.05, 0) is 31.5 Å². The topological polar surface area (TPSA) is 37.5 Å². The van der Waals surface area contributed by atoms with Crippen molar-refractivity contribution in [3.05, 3.63) is 40.0 Å². The number of fused-ring (bicyclic) bond motifs is 3. The summed E-state index contributed by atoms with van der Waals surface area (Å²) in [6.45, 7) is 4.17. The third-order valence-electron chi connectivity index (χ3n) is 2.91. The molecule has 2 aromatic heterocycles. The van der Waals surface area contributed by atoms with E-state index in [1.54, 1.807) is 11.3 Å². The van der Waals surface area contributed by atoms with E-state index in [4.69, 9.17) is 5.21 Å². The molecule has 0 amide bonds. The summed E-state index contributed by atoms with van der Waals surface area (Å²) in [5.41, 5.74) is 3.96. The van der Waals surface area contributed by atoms with Crippen LogP contribution in [0.15, 0.2) is 23.5 Å². The van der Waals surface area contributed by atoms with E-state index < -0.39 is 0 Å². The average Bonchev–Trinajstić information content (AvgIpc) is 2.83. The van der Waals surface area contributed by atoms with Gasteiger partial charge in [-0.25, -0.2) is 0 Å². The van der Waals surface area contributed by atoms with Gasteiger partial charge in [0, 0.05) is 16.6 Å². The third kappa shape index (κ3) is 0.920. The Morgan fingerprint density at radius 2 is 2.20 bits per heavy atom. The first-order chi connectivity index (χ1) is 7.24. The maximum atomic E-state index is 9.09. The van der Waals surface area contributed by atoms with Crippen LogP contribution in [0, 0.1) is 13.8 Å². The summed E-state index contributed by atoms with van der Waals surface area (Å²) in [6.07, 6.45) is 2.00. The van der Waals surface area contributed by atoms with Crippen molar-refractivity contribution in [3.8, 4) is 5.00 Å². The first-order valence-corrected chi connectivity index (χ1v) is 5.56. The van der Waals surface area contributed by atoms with Gasteiger partial charge >= 0.3 is 0 Å². The summed E-state index contributed by atoms with van der Waals surface area (Å²) in [4.78, 5) is 1.28. The fourth-order valence-corrected chi connectivity index (χ4v) is 3.19. The van der Waals surface area contributed by atoms with Crippen molar-refractivity contribution in [1.82, 2.24) is 4.57 Å². The normalized spacial score (nSPS) is 15.7. The summed E-state index contributed by atoms with van der Waals surface area (Å²) >= 11 is 1.74. The van der Waals surface area contributed by atoms with Gasteiger partial charge in [-0.1, -0.05) is 5.16 Å². The van der Waals surface area contributed by atoms with Crippen LogP contribution in [0.2, 0.25) is 0 Å². The molecule has 3 heterocycles. The number of thiophene rings is 1. The second-order valence-electron chi connectivity index (χ2n) is 3.68. The van der Waals surface area contributed by atoms with Gasteiger partial charge in [0.05, 0.1) is 5.69 Å². The van der Waals surface area contributed by atoms with Gasteiger partial charge in [0.1, 0.15) is 10.7 Å². The monoisotopic (exact) mass is 218 g/mol. The van der Waals surface area contributed by atoms with Crippen LogP contribution in [0.1, 0.15) is 21.7 Å². The van der Waals surface area contributed by atoms with Crippen LogP contribution in [0.4, 0.5) is 0 Å². The van der Waals surface area contributed by atoms with Crippen molar-refractivity contribution in [2.75, 3.05) is 0 Å². The number of aryl methyl sites for hydroxylation is 1. The van der Waals surface area contributed by atoms with Crippen LogP contribution in [0.5, 0.6) is 0 Å². The minimum absolute atomic E-state index is 0.692. The lowest BCUT2D eigenvalue weighted by Crippen LogP contribution is -1.99. The lowest BCUT2D eigenvalue weighted by Gasteiger charge is -1.97. The van der Waals surface area contributed by atoms with Gasteiger partial charge in [0.15, 0.2) is 0 Å². The number of hydrogen-bond acceptors (Lipinski definition) is 3. The lowest BCUT2D eigenvalue weighted by atomic mass is 10.1. The SMILES string of the molecule is Cc1sc2c(c1C)/C(=N/O)c1cccn1-2. The maximum Gasteiger partial charge on any atom is 0.137 e.